The third-order valence-electron chi connectivity index (χ3n) is 4.92. The van der Waals surface area contributed by atoms with Crippen LogP contribution in [-0.2, 0) is 6.42 Å². The summed E-state index contributed by atoms with van der Waals surface area (Å²) in [5.74, 6) is 0.0486. The molecule has 1 aliphatic heterocycles. The lowest BCUT2D eigenvalue weighted by Gasteiger charge is -2.27. The lowest BCUT2D eigenvalue weighted by Crippen LogP contribution is -2.38. The summed E-state index contributed by atoms with van der Waals surface area (Å²) in [7, 11) is 0. The molecule has 1 atom stereocenters. The SMILES string of the molecule is CCOc1ccccc1-n1c(O)c(C2NCCc3ccccc32)c(=O)[nH]c1=O. The van der Waals surface area contributed by atoms with Crippen LogP contribution in [0.1, 0.15) is 29.7 Å². The highest BCUT2D eigenvalue weighted by Crippen LogP contribution is 2.33. The molecule has 1 unspecified atom stereocenters. The molecule has 0 bridgehead atoms. The van der Waals surface area contributed by atoms with Crippen LogP contribution in [0.3, 0.4) is 0 Å². The van der Waals surface area contributed by atoms with E-state index in [1.54, 1.807) is 24.3 Å². The number of H-pyrrole nitrogens is 1. The number of aromatic hydroxyl groups is 1. The number of nitrogens with one attached hydrogen (secondary N) is 2. The summed E-state index contributed by atoms with van der Waals surface area (Å²) in [6.45, 7) is 2.90. The van der Waals surface area contributed by atoms with Crippen LogP contribution in [0.25, 0.3) is 5.69 Å². The largest absolute Gasteiger partial charge is 0.494 e. The molecule has 0 amide bonds. The van der Waals surface area contributed by atoms with Crippen molar-refractivity contribution in [3.8, 4) is 17.3 Å². The fraction of sp³-hybridized carbons (Fsp3) is 0.238. The van der Waals surface area contributed by atoms with Gasteiger partial charge in [0.2, 0.25) is 5.88 Å². The summed E-state index contributed by atoms with van der Waals surface area (Å²) >= 11 is 0. The summed E-state index contributed by atoms with van der Waals surface area (Å²) in [6, 6.07) is 14.2. The van der Waals surface area contributed by atoms with Crippen molar-refractivity contribution in [3.63, 3.8) is 0 Å². The maximum Gasteiger partial charge on any atom is 0.335 e. The molecule has 1 aliphatic rings. The lowest BCUT2D eigenvalue weighted by atomic mass is 9.90. The van der Waals surface area contributed by atoms with E-state index in [0.29, 0.717) is 24.6 Å². The highest BCUT2D eigenvalue weighted by Gasteiger charge is 2.29. The predicted octanol–water partition coefficient (Wildman–Crippen LogP) is 1.87. The van der Waals surface area contributed by atoms with Crippen LogP contribution in [0.2, 0.25) is 0 Å². The van der Waals surface area contributed by atoms with Crippen molar-refractivity contribution in [2.75, 3.05) is 13.2 Å². The second-order valence-electron chi connectivity index (χ2n) is 6.57. The highest BCUT2D eigenvalue weighted by molar-refractivity contribution is 5.51. The third-order valence-corrected chi connectivity index (χ3v) is 4.92. The average Bonchev–Trinajstić information content (AvgIpc) is 2.69. The average molecular weight is 379 g/mol. The zero-order valence-electron chi connectivity index (χ0n) is 15.4. The van der Waals surface area contributed by atoms with E-state index in [0.717, 1.165) is 22.1 Å². The molecule has 3 aromatic rings. The van der Waals surface area contributed by atoms with Gasteiger partial charge in [-0.1, -0.05) is 36.4 Å². The van der Waals surface area contributed by atoms with E-state index in [4.69, 9.17) is 4.74 Å². The molecule has 7 heteroatoms. The number of fused-ring (bicyclic) bond motifs is 1. The fourth-order valence-corrected chi connectivity index (χ4v) is 3.70. The van der Waals surface area contributed by atoms with Gasteiger partial charge in [0.25, 0.3) is 5.56 Å². The maximum absolute atomic E-state index is 12.7. The molecule has 4 rings (SSSR count). The van der Waals surface area contributed by atoms with Crippen molar-refractivity contribution in [1.29, 1.82) is 0 Å². The van der Waals surface area contributed by atoms with E-state index in [1.807, 2.05) is 31.2 Å². The number of hydrogen-bond acceptors (Lipinski definition) is 5. The standard InChI is InChI=1S/C21H21N3O4/c1-2-28-16-10-6-5-9-15(16)24-20(26)17(19(25)23-21(24)27)18-14-8-4-3-7-13(14)11-12-22-18/h3-10,18,22,26H,2,11-12H2,1H3,(H,23,25,27). The van der Waals surface area contributed by atoms with Crippen LogP contribution < -0.4 is 21.3 Å². The van der Waals surface area contributed by atoms with Crippen molar-refractivity contribution in [3.05, 3.63) is 86.1 Å². The second kappa shape index (κ2) is 7.36. The number of para-hydroxylation sites is 2. The molecule has 7 nitrogen and oxygen atoms in total. The molecule has 2 heterocycles. The Kier molecular flexibility index (Phi) is 4.75. The van der Waals surface area contributed by atoms with Gasteiger partial charge in [0.15, 0.2) is 0 Å². The molecule has 0 saturated heterocycles. The normalized spacial score (nSPS) is 15.8. The summed E-state index contributed by atoms with van der Waals surface area (Å²) in [4.78, 5) is 27.6. The molecule has 0 saturated carbocycles. The summed E-state index contributed by atoms with van der Waals surface area (Å²) in [5.41, 5.74) is 1.17. The summed E-state index contributed by atoms with van der Waals surface area (Å²) in [5, 5.41) is 14.3. The van der Waals surface area contributed by atoms with E-state index < -0.39 is 23.2 Å². The molecule has 0 spiro atoms. The molecule has 144 valence electrons. The summed E-state index contributed by atoms with van der Waals surface area (Å²) in [6.07, 6.45) is 0.832. The monoisotopic (exact) mass is 379 g/mol. The molecule has 0 radical (unpaired) electrons. The van der Waals surface area contributed by atoms with Gasteiger partial charge < -0.3 is 15.2 Å². The molecule has 28 heavy (non-hydrogen) atoms. The zero-order valence-corrected chi connectivity index (χ0v) is 15.4. The van der Waals surface area contributed by atoms with Gasteiger partial charge in [-0.05, 0) is 36.6 Å². The Hall–Kier alpha value is -3.32. The fourth-order valence-electron chi connectivity index (χ4n) is 3.70. The van der Waals surface area contributed by atoms with E-state index in [-0.39, 0.29) is 5.56 Å². The van der Waals surface area contributed by atoms with Gasteiger partial charge in [0.1, 0.15) is 5.75 Å². The molecule has 1 aromatic heterocycles. The maximum atomic E-state index is 12.7. The number of aromatic amines is 1. The predicted molar refractivity (Wildman–Crippen MR) is 105 cm³/mol. The zero-order chi connectivity index (χ0) is 19.7. The van der Waals surface area contributed by atoms with Gasteiger partial charge in [0, 0.05) is 6.54 Å². The van der Waals surface area contributed by atoms with Crippen LogP contribution >= 0.6 is 0 Å². The summed E-state index contributed by atoms with van der Waals surface area (Å²) < 4.78 is 6.68. The first-order valence-corrected chi connectivity index (χ1v) is 9.23. The van der Waals surface area contributed by atoms with Gasteiger partial charge >= 0.3 is 5.69 Å². The van der Waals surface area contributed by atoms with E-state index >= 15 is 0 Å². The third kappa shape index (κ3) is 2.99. The Morgan fingerprint density at radius 3 is 2.71 bits per heavy atom. The van der Waals surface area contributed by atoms with Crippen molar-refractivity contribution < 1.29 is 9.84 Å². The van der Waals surface area contributed by atoms with Gasteiger partial charge in [-0.3, -0.25) is 9.78 Å². The van der Waals surface area contributed by atoms with Crippen molar-refractivity contribution in [1.82, 2.24) is 14.9 Å². The molecule has 0 aliphatic carbocycles. The van der Waals surface area contributed by atoms with E-state index in [2.05, 4.69) is 10.3 Å². The minimum Gasteiger partial charge on any atom is -0.494 e. The van der Waals surface area contributed by atoms with Crippen molar-refractivity contribution in [2.24, 2.45) is 0 Å². The lowest BCUT2D eigenvalue weighted by molar-refractivity contribution is 0.336. The van der Waals surface area contributed by atoms with Crippen LogP contribution in [-0.4, -0.2) is 27.8 Å². The number of aromatic nitrogens is 2. The Bertz CT molecular complexity index is 1130. The van der Waals surface area contributed by atoms with E-state index in [1.165, 1.54) is 0 Å². The number of rotatable bonds is 4. The number of benzene rings is 2. The first-order valence-electron chi connectivity index (χ1n) is 9.23. The van der Waals surface area contributed by atoms with Gasteiger partial charge in [0.05, 0.1) is 23.9 Å². The number of nitrogens with zero attached hydrogens (tertiary/aromatic N) is 1. The topological polar surface area (TPSA) is 96.3 Å². The second-order valence-corrected chi connectivity index (χ2v) is 6.57. The Balaban J connectivity index is 1.95. The molecule has 0 fully saturated rings. The Morgan fingerprint density at radius 2 is 1.89 bits per heavy atom. The van der Waals surface area contributed by atoms with Crippen molar-refractivity contribution in [2.45, 2.75) is 19.4 Å². The van der Waals surface area contributed by atoms with Gasteiger partial charge in [-0.25, -0.2) is 9.36 Å². The Labute approximate surface area is 161 Å². The van der Waals surface area contributed by atoms with Gasteiger partial charge in [-0.15, -0.1) is 0 Å². The number of hydrogen-bond donors (Lipinski definition) is 3. The van der Waals surface area contributed by atoms with E-state index in [9.17, 15) is 14.7 Å². The quantitative estimate of drug-likeness (QED) is 0.643. The molecular formula is C21H21N3O4. The van der Waals surface area contributed by atoms with Crippen LogP contribution in [0, 0.1) is 0 Å². The molecule has 3 N–H and O–H groups in total. The molecule has 2 aromatic carbocycles. The van der Waals surface area contributed by atoms with Crippen LogP contribution in [0.4, 0.5) is 0 Å². The van der Waals surface area contributed by atoms with Crippen molar-refractivity contribution >= 4 is 0 Å². The number of ether oxygens (including phenoxy) is 1. The minimum atomic E-state index is -0.720. The first-order chi connectivity index (χ1) is 13.6. The first kappa shape index (κ1) is 18.1. The smallest absolute Gasteiger partial charge is 0.335 e. The minimum absolute atomic E-state index is 0.109. The van der Waals surface area contributed by atoms with Crippen LogP contribution in [0.5, 0.6) is 11.6 Å². The molecular weight excluding hydrogens is 358 g/mol. The highest BCUT2D eigenvalue weighted by atomic mass is 16.5. The van der Waals surface area contributed by atoms with Crippen LogP contribution in [0.15, 0.2) is 58.1 Å². The Morgan fingerprint density at radius 1 is 1.14 bits per heavy atom. The van der Waals surface area contributed by atoms with Gasteiger partial charge in [-0.2, -0.15) is 0 Å².